The normalized spacial score (nSPS) is 14.6. The van der Waals surface area contributed by atoms with Crippen LogP contribution in [-0.4, -0.2) is 32.0 Å². The predicted molar refractivity (Wildman–Crippen MR) is 124 cm³/mol. The molecule has 3 aromatic rings. The van der Waals surface area contributed by atoms with Crippen molar-refractivity contribution in [1.29, 1.82) is 0 Å². The Hall–Kier alpha value is -2.65. The van der Waals surface area contributed by atoms with Gasteiger partial charge in [0, 0.05) is 27.0 Å². The van der Waals surface area contributed by atoms with E-state index in [0.29, 0.717) is 16.7 Å². The van der Waals surface area contributed by atoms with Gasteiger partial charge in [0.15, 0.2) is 11.9 Å². The Kier molecular flexibility index (Phi) is 6.72. The van der Waals surface area contributed by atoms with Crippen LogP contribution in [0.15, 0.2) is 52.1 Å². The molecular weight excluding hydrogens is 480 g/mol. The van der Waals surface area contributed by atoms with Crippen molar-refractivity contribution in [3.8, 4) is 17.1 Å². The number of carboxylic acids is 1. The first-order valence-corrected chi connectivity index (χ1v) is 11.8. The largest absolute Gasteiger partial charge is 0.478 e. The Labute approximate surface area is 192 Å². The molecule has 0 bridgehead atoms. The van der Waals surface area contributed by atoms with Crippen molar-refractivity contribution in [2.75, 3.05) is 11.1 Å². The van der Waals surface area contributed by atoms with Crippen LogP contribution in [0.25, 0.3) is 11.3 Å². The van der Waals surface area contributed by atoms with Crippen molar-refractivity contribution in [3.63, 3.8) is 0 Å². The van der Waals surface area contributed by atoms with Gasteiger partial charge in [-0.25, -0.2) is 4.79 Å². The number of carboxylic acid groups (broad SMARTS) is 1. The molecule has 0 spiro atoms. The Bertz CT molecular complexity index is 1090. The van der Waals surface area contributed by atoms with Gasteiger partial charge in [0.1, 0.15) is 0 Å². The molecule has 1 atom stereocenters. The summed E-state index contributed by atoms with van der Waals surface area (Å²) in [5, 5.41) is 21.9. The Balaban J connectivity index is 1.69. The molecule has 0 saturated heterocycles. The monoisotopic (exact) mass is 500 g/mol. The van der Waals surface area contributed by atoms with E-state index in [1.54, 1.807) is 36.0 Å². The topological polar surface area (TPSA) is 97.2 Å². The van der Waals surface area contributed by atoms with Crippen molar-refractivity contribution in [2.24, 2.45) is 0 Å². The molecule has 7 nitrogen and oxygen atoms in total. The fraction of sp³-hybridized carbons (Fsp3) is 0.273. The zero-order chi connectivity index (χ0) is 21.8. The summed E-state index contributed by atoms with van der Waals surface area (Å²) in [7, 11) is 0. The SMILES string of the molecule is CCCCCSc1nnc2c(n1)OC(c1ccc(C(=O)O)cc1)Nc1ccc(Br)cc1-2. The highest BCUT2D eigenvalue weighted by molar-refractivity contribution is 9.10. The highest BCUT2D eigenvalue weighted by Gasteiger charge is 2.26. The number of rotatable bonds is 7. The number of halogens is 1. The van der Waals surface area contributed by atoms with Crippen molar-refractivity contribution in [2.45, 2.75) is 37.6 Å². The Morgan fingerprint density at radius 2 is 2.00 bits per heavy atom. The van der Waals surface area contributed by atoms with Gasteiger partial charge in [0.05, 0.1) is 5.56 Å². The molecule has 1 aliphatic rings. The van der Waals surface area contributed by atoms with Gasteiger partial charge >= 0.3 is 5.97 Å². The van der Waals surface area contributed by atoms with Gasteiger partial charge in [-0.1, -0.05) is 59.6 Å². The minimum Gasteiger partial charge on any atom is -0.478 e. The first-order valence-electron chi connectivity index (χ1n) is 9.99. The number of aromatic nitrogens is 3. The third-order valence-electron chi connectivity index (χ3n) is 4.83. The Morgan fingerprint density at radius 3 is 2.74 bits per heavy atom. The second-order valence-electron chi connectivity index (χ2n) is 7.06. The molecular formula is C22H21BrN4O3S. The highest BCUT2D eigenvalue weighted by atomic mass is 79.9. The molecule has 2 N–H and O–H groups in total. The Morgan fingerprint density at radius 1 is 1.19 bits per heavy atom. The molecule has 1 aliphatic heterocycles. The first-order chi connectivity index (χ1) is 15.0. The van der Waals surface area contributed by atoms with Crippen molar-refractivity contribution >= 4 is 39.3 Å². The van der Waals surface area contributed by atoms with Crippen molar-refractivity contribution in [3.05, 3.63) is 58.1 Å². The number of nitrogens with zero attached hydrogens (tertiary/aromatic N) is 3. The smallest absolute Gasteiger partial charge is 0.335 e. The maximum atomic E-state index is 11.2. The minimum absolute atomic E-state index is 0.219. The number of carbonyl (C=O) groups is 1. The molecule has 2 aromatic carbocycles. The zero-order valence-corrected chi connectivity index (χ0v) is 19.2. The van der Waals surface area contributed by atoms with Crippen LogP contribution in [0.3, 0.4) is 0 Å². The fourth-order valence-electron chi connectivity index (χ4n) is 3.20. The molecule has 2 heterocycles. The summed E-state index contributed by atoms with van der Waals surface area (Å²) in [6, 6.07) is 12.4. The quantitative estimate of drug-likeness (QED) is 0.311. The van der Waals surface area contributed by atoms with Gasteiger partial charge < -0.3 is 15.2 Å². The predicted octanol–water partition coefficient (Wildman–Crippen LogP) is 5.78. The van der Waals surface area contributed by atoms with E-state index in [1.807, 2.05) is 18.2 Å². The highest BCUT2D eigenvalue weighted by Crippen LogP contribution is 2.40. The fourth-order valence-corrected chi connectivity index (χ4v) is 4.34. The van der Waals surface area contributed by atoms with Gasteiger partial charge in [0.2, 0.25) is 11.0 Å². The molecule has 0 amide bonds. The summed E-state index contributed by atoms with van der Waals surface area (Å²) in [6.45, 7) is 2.17. The number of hydrogen-bond acceptors (Lipinski definition) is 7. The van der Waals surface area contributed by atoms with Gasteiger partial charge in [0.25, 0.3) is 0 Å². The molecule has 0 aliphatic carbocycles. The molecule has 0 fully saturated rings. The number of thioether (sulfide) groups is 1. The van der Waals surface area contributed by atoms with Crippen LogP contribution in [0.2, 0.25) is 0 Å². The van der Waals surface area contributed by atoms with Crippen LogP contribution < -0.4 is 10.1 Å². The molecule has 160 valence electrons. The number of anilines is 1. The summed E-state index contributed by atoms with van der Waals surface area (Å²) in [6.07, 6.45) is 2.87. The van der Waals surface area contributed by atoms with Gasteiger partial charge in [-0.05, 0) is 36.8 Å². The molecule has 9 heteroatoms. The van der Waals surface area contributed by atoms with E-state index < -0.39 is 12.2 Å². The lowest BCUT2D eigenvalue weighted by molar-refractivity contribution is 0.0696. The number of hydrogen-bond donors (Lipinski definition) is 2. The average Bonchev–Trinajstić information content (AvgIpc) is 2.93. The van der Waals surface area contributed by atoms with Crippen LogP contribution in [0.4, 0.5) is 5.69 Å². The lowest BCUT2D eigenvalue weighted by atomic mass is 10.1. The number of ether oxygens (including phenoxy) is 1. The molecule has 1 unspecified atom stereocenters. The summed E-state index contributed by atoms with van der Waals surface area (Å²) >= 11 is 5.08. The second kappa shape index (κ2) is 9.65. The molecule has 4 rings (SSSR count). The van der Waals surface area contributed by atoms with Gasteiger partial charge in [-0.2, -0.15) is 4.98 Å². The van der Waals surface area contributed by atoms with Gasteiger partial charge in [-0.15, -0.1) is 10.2 Å². The minimum atomic E-state index is -0.969. The van der Waals surface area contributed by atoms with Crippen LogP contribution in [0, 0.1) is 0 Å². The summed E-state index contributed by atoms with van der Waals surface area (Å²) in [5.74, 6) is 0.350. The van der Waals surface area contributed by atoms with Crippen molar-refractivity contribution in [1.82, 2.24) is 15.2 Å². The summed E-state index contributed by atoms with van der Waals surface area (Å²) in [5.41, 5.74) is 3.22. The number of benzene rings is 2. The molecule has 0 radical (unpaired) electrons. The molecule has 1 aromatic heterocycles. The van der Waals surface area contributed by atoms with E-state index in [4.69, 9.17) is 4.74 Å². The van der Waals surface area contributed by atoms with Crippen LogP contribution in [0.1, 0.15) is 48.3 Å². The van der Waals surface area contributed by atoms with Crippen LogP contribution in [-0.2, 0) is 0 Å². The van der Waals surface area contributed by atoms with Crippen molar-refractivity contribution < 1.29 is 14.6 Å². The second-order valence-corrected chi connectivity index (χ2v) is 9.04. The van der Waals surface area contributed by atoms with Crippen LogP contribution in [0.5, 0.6) is 5.88 Å². The zero-order valence-electron chi connectivity index (χ0n) is 16.8. The maximum Gasteiger partial charge on any atom is 0.335 e. The van der Waals surface area contributed by atoms with E-state index in [1.165, 1.54) is 6.42 Å². The van der Waals surface area contributed by atoms with E-state index in [9.17, 15) is 9.90 Å². The number of fused-ring (bicyclic) bond motifs is 3. The summed E-state index contributed by atoms with van der Waals surface area (Å²) in [4.78, 5) is 15.8. The third-order valence-corrected chi connectivity index (χ3v) is 6.24. The van der Waals surface area contributed by atoms with E-state index >= 15 is 0 Å². The number of unbranched alkanes of at least 4 members (excludes halogenated alkanes) is 2. The van der Waals surface area contributed by atoms with E-state index in [-0.39, 0.29) is 5.56 Å². The number of aromatic carboxylic acids is 1. The van der Waals surface area contributed by atoms with Gasteiger partial charge in [-0.3, -0.25) is 0 Å². The van der Waals surface area contributed by atoms with E-state index in [0.717, 1.165) is 39.9 Å². The van der Waals surface area contributed by atoms with E-state index in [2.05, 4.69) is 43.4 Å². The standard InChI is InChI=1S/C22H21BrN4O3S/c1-2-3-4-11-31-22-25-20-18(26-27-22)16-12-15(23)9-10-17(16)24-19(30-20)13-5-7-14(8-6-13)21(28)29/h5-10,12,19,24H,2-4,11H2,1H3,(H,28,29). The first kappa shape index (κ1) is 21.6. The number of nitrogens with one attached hydrogen (secondary N) is 1. The molecule has 0 saturated carbocycles. The summed E-state index contributed by atoms with van der Waals surface area (Å²) < 4.78 is 7.14. The average molecular weight is 501 g/mol. The lowest BCUT2D eigenvalue weighted by Gasteiger charge is -2.19. The lowest BCUT2D eigenvalue weighted by Crippen LogP contribution is -2.17. The maximum absolute atomic E-state index is 11.2. The molecule has 31 heavy (non-hydrogen) atoms. The third kappa shape index (κ3) is 4.99. The van der Waals surface area contributed by atoms with Crippen LogP contribution >= 0.6 is 27.7 Å².